The summed E-state index contributed by atoms with van der Waals surface area (Å²) in [7, 11) is 0. The van der Waals surface area contributed by atoms with Gasteiger partial charge in [0.2, 0.25) is 11.8 Å². The van der Waals surface area contributed by atoms with Crippen LogP contribution in [0.25, 0.3) is 10.8 Å². The molecule has 0 spiro atoms. The molecule has 0 aliphatic carbocycles. The number of carbonyl (C=O) groups is 1. The molecule has 1 N–H and O–H groups in total. The number of unbranched alkanes of at least 4 members (excludes halogenated alkanes) is 1. The lowest BCUT2D eigenvalue weighted by Crippen LogP contribution is -2.46. The molecule has 6 nitrogen and oxygen atoms in total. The third-order valence-electron chi connectivity index (χ3n) is 7.11. The highest BCUT2D eigenvalue weighted by Crippen LogP contribution is 2.37. The van der Waals surface area contributed by atoms with E-state index in [1.54, 1.807) is 6.07 Å². The number of piperazine rings is 1. The summed E-state index contributed by atoms with van der Waals surface area (Å²) < 4.78 is 19.7. The van der Waals surface area contributed by atoms with Gasteiger partial charge in [-0.15, -0.1) is 0 Å². The minimum Gasteiger partial charge on any atom is -0.478 e. The van der Waals surface area contributed by atoms with Crippen LogP contribution in [0.2, 0.25) is 0 Å². The van der Waals surface area contributed by atoms with Gasteiger partial charge >= 0.3 is 0 Å². The Kier molecular flexibility index (Phi) is 6.60. The molecule has 0 unspecified atom stereocenters. The second-order valence-corrected chi connectivity index (χ2v) is 10.2. The van der Waals surface area contributed by atoms with Crippen LogP contribution in [0.3, 0.4) is 0 Å². The van der Waals surface area contributed by atoms with E-state index in [2.05, 4.69) is 40.0 Å². The number of pyridine rings is 1. The lowest BCUT2D eigenvalue weighted by molar-refractivity contribution is -0.117. The maximum atomic E-state index is 13.8. The van der Waals surface area contributed by atoms with Gasteiger partial charge < -0.3 is 15.0 Å². The summed E-state index contributed by atoms with van der Waals surface area (Å²) in [5.74, 6) is 0.988. The third-order valence-corrected chi connectivity index (χ3v) is 7.11. The van der Waals surface area contributed by atoms with Crippen molar-refractivity contribution in [3.05, 3.63) is 59.9 Å². The first-order valence-corrected chi connectivity index (χ1v) is 12.5. The summed E-state index contributed by atoms with van der Waals surface area (Å²) in [6.07, 6.45) is 2.46. The van der Waals surface area contributed by atoms with E-state index in [0.29, 0.717) is 24.7 Å². The zero-order valence-corrected chi connectivity index (χ0v) is 20.5. The molecule has 2 aliphatic heterocycles. The predicted molar refractivity (Wildman–Crippen MR) is 138 cm³/mol. The van der Waals surface area contributed by atoms with E-state index < -0.39 is 0 Å². The van der Waals surface area contributed by atoms with Crippen molar-refractivity contribution in [2.75, 3.05) is 49.5 Å². The molecule has 1 fully saturated rings. The summed E-state index contributed by atoms with van der Waals surface area (Å²) in [6, 6.07) is 15.1. The van der Waals surface area contributed by atoms with Gasteiger partial charge in [-0.1, -0.05) is 32.0 Å². The minimum atomic E-state index is -0.211. The molecule has 0 saturated carbocycles. The van der Waals surface area contributed by atoms with Gasteiger partial charge in [-0.3, -0.25) is 9.69 Å². The Labute approximate surface area is 206 Å². The fourth-order valence-corrected chi connectivity index (χ4v) is 5.17. The van der Waals surface area contributed by atoms with Crippen LogP contribution in [-0.2, 0) is 10.2 Å². The maximum Gasteiger partial charge on any atom is 0.226 e. The molecule has 2 aliphatic rings. The molecule has 5 rings (SSSR count). The van der Waals surface area contributed by atoms with Crippen molar-refractivity contribution >= 4 is 28.2 Å². The van der Waals surface area contributed by atoms with E-state index in [9.17, 15) is 9.18 Å². The van der Waals surface area contributed by atoms with Crippen LogP contribution >= 0.6 is 0 Å². The number of hydrogen-bond acceptors (Lipinski definition) is 5. The van der Waals surface area contributed by atoms with Gasteiger partial charge in [-0.25, -0.2) is 4.39 Å². The number of nitrogens with zero attached hydrogens (tertiary/aromatic N) is 3. The zero-order chi connectivity index (χ0) is 24.4. The predicted octanol–water partition coefficient (Wildman–Crippen LogP) is 4.97. The van der Waals surface area contributed by atoms with Crippen molar-refractivity contribution in [3.63, 3.8) is 0 Å². The van der Waals surface area contributed by atoms with Crippen molar-refractivity contribution in [2.45, 2.75) is 38.5 Å². The Bertz CT molecular complexity index is 1220. The molecule has 3 aromatic rings. The SMILES string of the molecule is CC1(C)CC(=O)Nc2nc(OCCCCN3CCN(c4cccc5ccc(F)cc45)CC3)ccc21. The molecule has 7 heteroatoms. The highest BCUT2D eigenvalue weighted by Gasteiger charge is 2.33. The van der Waals surface area contributed by atoms with Crippen LogP contribution < -0.4 is 15.0 Å². The number of anilines is 2. The summed E-state index contributed by atoms with van der Waals surface area (Å²) in [5, 5.41) is 4.93. The lowest BCUT2D eigenvalue weighted by Gasteiger charge is -2.36. The monoisotopic (exact) mass is 476 g/mol. The maximum absolute atomic E-state index is 13.8. The molecule has 0 bridgehead atoms. The van der Waals surface area contributed by atoms with Gasteiger partial charge in [0, 0.05) is 60.7 Å². The lowest BCUT2D eigenvalue weighted by atomic mass is 9.79. The number of carbonyl (C=O) groups excluding carboxylic acids is 1. The molecule has 1 saturated heterocycles. The highest BCUT2D eigenvalue weighted by molar-refractivity contribution is 5.95. The Balaban J connectivity index is 1.07. The normalized spacial score (nSPS) is 17.8. The van der Waals surface area contributed by atoms with Crippen LogP contribution in [0, 0.1) is 5.82 Å². The van der Waals surface area contributed by atoms with Crippen molar-refractivity contribution in [3.8, 4) is 5.88 Å². The van der Waals surface area contributed by atoms with Crippen molar-refractivity contribution in [1.82, 2.24) is 9.88 Å². The van der Waals surface area contributed by atoms with E-state index in [-0.39, 0.29) is 17.1 Å². The Morgan fingerprint density at radius 1 is 1.06 bits per heavy atom. The summed E-state index contributed by atoms with van der Waals surface area (Å²) in [5.41, 5.74) is 1.96. The number of fused-ring (bicyclic) bond motifs is 2. The van der Waals surface area contributed by atoms with E-state index in [4.69, 9.17) is 4.74 Å². The Morgan fingerprint density at radius 3 is 2.71 bits per heavy atom. The van der Waals surface area contributed by atoms with Crippen molar-refractivity contribution in [2.24, 2.45) is 0 Å². The molecule has 184 valence electrons. The summed E-state index contributed by atoms with van der Waals surface area (Å²) in [6.45, 7) is 9.63. The second kappa shape index (κ2) is 9.82. The molecule has 35 heavy (non-hydrogen) atoms. The Morgan fingerprint density at radius 2 is 1.89 bits per heavy atom. The van der Waals surface area contributed by atoms with E-state index in [1.807, 2.05) is 30.3 Å². The van der Waals surface area contributed by atoms with Gasteiger partial charge in [0.25, 0.3) is 0 Å². The fourth-order valence-electron chi connectivity index (χ4n) is 5.17. The minimum absolute atomic E-state index is 0.000128. The van der Waals surface area contributed by atoms with E-state index in [1.165, 1.54) is 6.07 Å². The quantitative estimate of drug-likeness (QED) is 0.488. The van der Waals surface area contributed by atoms with E-state index in [0.717, 1.165) is 67.6 Å². The molecular formula is C28H33FN4O2. The van der Waals surface area contributed by atoms with Crippen LogP contribution in [0.15, 0.2) is 48.5 Å². The third kappa shape index (κ3) is 5.25. The molecule has 0 radical (unpaired) electrons. The number of aromatic nitrogens is 1. The number of nitrogens with one attached hydrogen (secondary N) is 1. The highest BCUT2D eigenvalue weighted by atomic mass is 19.1. The average Bonchev–Trinajstić information content (AvgIpc) is 2.83. The van der Waals surface area contributed by atoms with Crippen LogP contribution in [0.4, 0.5) is 15.9 Å². The summed E-state index contributed by atoms with van der Waals surface area (Å²) in [4.78, 5) is 21.3. The number of benzene rings is 2. The topological polar surface area (TPSA) is 57.7 Å². The Hall–Kier alpha value is -3.19. The molecule has 1 amide bonds. The molecule has 0 atom stereocenters. The summed E-state index contributed by atoms with van der Waals surface area (Å²) >= 11 is 0. The van der Waals surface area contributed by atoms with Gasteiger partial charge in [0.15, 0.2) is 0 Å². The molecule has 3 heterocycles. The van der Waals surface area contributed by atoms with Gasteiger partial charge in [0.05, 0.1) is 6.61 Å². The number of halogens is 1. The second-order valence-electron chi connectivity index (χ2n) is 10.2. The zero-order valence-electron chi connectivity index (χ0n) is 20.5. The fraction of sp³-hybridized carbons (Fsp3) is 0.429. The largest absolute Gasteiger partial charge is 0.478 e. The first-order chi connectivity index (χ1) is 16.9. The molecule has 1 aromatic heterocycles. The van der Waals surface area contributed by atoms with Crippen LogP contribution in [-0.4, -0.2) is 55.1 Å². The molecule has 2 aromatic carbocycles. The number of rotatable bonds is 7. The average molecular weight is 477 g/mol. The van der Waals surface area contributed by atoms with Crippen molar-refractivity contribution < 1.29 is 13.9 Å². The number of ether oxygens (including phenoxy) is 1. The van der Waals surface area contributed by atoms with Crippen LogP contribution in [0.1, 0.15) is 38.7 Å². The van der Waals surface area contributed by atoms with Gasteiger partial charge in [-0.05, 0) is 49.0 Å². The first-order valence-electron chi connectivity index (χ1n) is 12.5. The smallest absolute Gasteiger partial charge is 0.226 e. The van der Waals surface area contributed by atoms with Gasteiger partial charge in [-0.2, -0.15) is 4.98 Å². The standard InChI is InChI=1S/C28H33FN4O2/c1-28(2)19-25(34)30-27-23(28)10-11-26(31-27)35-17-4-3-12-32-13-15-33(16-14-32)24-7-5-6-20-8-9-21(29)18-22(20)24/h5-11,18H,3-4,12-17,19H2,1-2H3,(H,30,31,34). The van der Waals surface area contributed by atoms with Crippen molar-refractivity contribution in [1.29, 1.82) is 0 Å². The molecular weight excluding hydrogens is 443 g/mol. The first kappa shape index (κ1) is 23.5. The van der Waals surface area contributed by atoms with E-state index >= 15 is 0 Å². The van der Waals surface area contributed by atoms with Gasteiger partial charge in [0.1, 0.15) is 11.6 Å². The number of hydrogen-bond donors (Lipinski definition) is 1. The van der Waals surface area contributed by atoms with Crippen LogP contribution in [0.5, 0.6) is 5.88 Å². The number of amides is 1.